The molecule has 2 heterocycles. The van der Waals surface area contributed by atoms with Crippen molar-refractivity contribution in [1.29, 1.82) is 0 Å². The van der Waals surface area contributed by atoms with Gasteiger partial charge in [0.25, 0.3) is 0 Å². The van der Waals surface area contributed by atoms with E-state index in [-0.39, 0.29) is 5.78 Å². The number of nitrogens with zero attached hydrogens (tertiary/aromatic N) is 1. The molecular weight excluding hydrogens is 182 g/mol. The van der Waals surface area contributed by atoms with Gasteiger partial charge in [-0.3, -0.25) is 4.79 Å². The molecule has 2 aromatic heterocycles. The van der Waals surface area contributed by atoms with Crippen molar-refractivity contribution in [2.45, 2.75) is 20.8 Å². The SMILES string of the molecule is CC(=O)c1c(C)c(C)n2ccsc12. The van der Waals surface area contributed by atoms with E-state index in [1.165, 1.54) is 5.69 Å². The molecule has 0 spiro atoms. The molecule has 0 saturated heterocycles. The molecule has 0 N–H and O–H groups in total. The fourth-order valence-corrected chi connectivity index (χ4v) is 2.70. The highest BCUT2D eigenvalue weighted by Crippen LogP contribution is 2.26. The molecule has 0 amide bonds. The highest BCUT2D eigenvalue weighted by atomic mass is 32.1. The Morgan fingerprint density at radius 3 is 2.77 bits per heavy atom. The zero-order valence-corrected chi connectivity index (χ0v) is 8.73. The number of hydrogen-bond donors (Lipinski definition) is 0. The first-order valence-electron chi connectivity index (χ1n) is 4.18. The number of thiazole rings is 1. The molecule has 2 aromatic rings. The first-order chi connectivity index (χ1) is 6.13. The van der Waals surface area contributed by atoms with Gasteiger partial charge in [-0.25, -0.2) is 0 Å². The fraction of sp³-hybridized carbons (Fsp3) is 0.300. The molecule has 0 bridgehead atoms. The van der Waals surface area contributed by atoms with Gasteiger partial charge in [-0.05, 0) is 26.3 Å². The number of rotatable bonds is 1. The van der Waals surface area contributed by atoms with E-state index < -0.39 is 0 Å². The Labute approximate surface area is 80.8 Å². The van der Waals surface area contributed by atoms with E-state index in [2.05, 4.69) is 4.40 Å². The Hall–Kier alpha value is -1.09. The predicted molar refractivity (Wildman–Crippen MR) is 54.8 cm³/mol. The molecule has 0 aliphatic carbocycles. The van der Waals surface area contributed by atoms with Crippen molar-refractivity contribution >= 4 is 22.0 Å². The molecule has 0 fully saturated rings. The van der Waals surface area contributed by atoms with Crippen LogP contribution in [-0.4, -0.2) is 10.2 Å². The minimum absolute atomic E-state index is 0.158. The first-order valence-corrected chi connectivity index (χ1v) is 5.06. The Morgan fingerprint density at radius 1 is 1.46 bits per heavy atom. The van der Waals surface area contributed by atoms with E-state index in [1.807, 2.05) is 25.4 Å². The maximum Gasteiger partial charge on any atom is 0.163 e. The highest BCUT2D eigenvalue weighted by molar-refractivity contribution is 7.16. The third-order valence-corrected chi connectivity index (χ3v) is 3.34. The van der Waals surface area contributed by atoms with Gasteiger partial charge < -0.3 is 4.40 Å². The van der Waals surface area contributed by atoms with Gasteiger partial charge in [-0.2, -0.15) is 0 Å². The maximum atomic E-state index is 11.4. The summed E-state index contributed by atoms with van der Waals surface area (Å²) in [5.74, 6) is 0.158. The Bertz CT molecular complexity index is 478. The van der Waals surface area contributed by atoms with E-state index in [9.17, 15) is 4.79 Å². The van der Waals surface area contributed by atoms with E-state index >= 15 is 0 Å². The molecular formula is C10H11NOS. The normalized spacial score (nSPS) is 11.0. The second-order valence-corrected chi connectivity index (χ2v) is 4.11. The van der Waals surface area contributed by atoms with Gasteiger partial charge in [0.15, 0.2) is 5.78 Å². The molecule has 2 nitrogen and oxygen atoms in total. The Balaban J connectivity index is 2.92. The van der Waals surface area contributed by atoms with Crippen molar-refractivity contribution in [3.8, 4) is 0 Å². The van der Waals surface area contributed by atoms with Crippen molar-refractivity contribution in [1.82, 2.24) is 4.40 Å². The summed E-state index contributed by atoms with van der Waals surface area (Å²) in [5, 5.41) is 2.01. The van der Waals surface area contributed by atoms with Crippen molar-refractivity contribution in [2.24, 2.45) is 0 Å². The topological polar surface area (TPSA) is 21.5 Å². The number of hydrogen-bond acceptors (Lipinski definition) is 2. The quantitative estimate of drug-likeness (QED) is 0.638. The minimum atomic E-state index is 0.158. The standard InChI is InChI=1S/C10H11NOS/c1-6-7(2)11-4-5-13-10(11)9(6)8(3)12/h4-5H,1-3H3. The van der Waals surface area contributed by atoms with Crippen LogP contribution >= 0.6 is 11.3 Å². The van der Waals surface area contributed by atoms with Crippen LogP contribution in [0, 0.1) is 13.8 Å². The number of aromatic nitrogens is 1. The number of aryl methyl sites for hydroxylation is 1. The van der Waals surface area contributed by atoms with Crippen LogP contribution in [0.25, 0.3) is 4.83 Å². The molecule has 0 aromatic carbocycles. The van der Waals surface area contributed by atoms with Gasteiger partial charge in [-0.1, -0.05) is 0 Å². The number of carbonyl (C=O) groups is 1. The fourth-order valence-electron chi connectivity index (χ4n) is 1.66. The van der Waals surface area contributed by atoms with Crippen LogP contribution in [0.1, 0.15) is 28.5 Å². The molecule has 2 rings (SSSR count). The van der Waals surface area contributed by atoms with Gasteiger partial charge in [0.2, 0.25) is 0 Å². The van der Waals surface area contributed by atoms with Crippen molar-refractivity contribution in [3.63, 3.8) is 0 Å². The van der Waals surface area contributed by atoms with Gasteiger partial charge in [-0.15, -0.1) is 11.3 Å². The van der Waals surface area contributed by atoms with Crippen molar-refractivity contribution in [3.05, 3.63) is 28.4 Å². The molecule has 0 saturated carbocycles. The number of ketones is 1. The van der Waals surface area contributed by atoms with Crippen LogP contribution < -0.4 is 0 Å². The van der Waals surface area contributed by atoms with E-state index in [4.69, 9.17) is 0 Å². The second kappa shape index (κ2) is 2.70. The van der Waals surface area contributed by atoms with Crippen LogP contribution in [0.3, 0.4) is 0 Å². The molecule has 0 unspecified atom stereocenters. The van der Waals surface area contributed by atoms with Crippen LogP contribution in [-0.2, 0) is 0 Å². The molecule has 0 aliphatic rings. The van der Waals surface area contributed by atoms with Gasteiger partial charge in [0, 0.05) is 17.3 Å². The summed E-state index contributed by atoms with van der Waals surface area (Å²) in [6.07, 6.45) is 2.01. The summed E-state index contributed by atoms with van der Waals surface area (Å²) in [7, 11) is 0. The van der Waals surface area contributed by atoms with E-state index in [0.717, 1.165) is 16.0 Å². The van der Waals surface area contributed by atoms with Gasteiger partial charge >= 0.3 is 0 Å². The molecule has 68 valence electrons. The minimum Gasteiger partial charge on any atom is -0.311 e. The Morgan fingerprint density at radius 2 is 2.15 bits per heavy atom. The van der Waals surface area contributed by atoms with E-state index in [0.29, 0.717) is 0 Å². The van der Waals surface area contributed by atoms with Crippen LogP contribution in [0.5, 0.6) is 0 Å². The summed E-state index contributed by atoms with van der Waals surface area (Å²) in [6.45, 7) is 5.68. The van der Waals surface area contributed by atoms with Gasteiger partial charge in [0.05, 0.1) is 5.56 Å². The van der Waals surface area contributed by atoms with Crippen LogP contribution in [0.4, 0.5) is 0 Å². The molecule has 13 heavy (non-hydrogen) atoms. The monoisotopic (exact) mass is 193 g/mol. The third kappa shape index (κ3) is 1.04. The molecule has 0 radical (unpaired) electrons. The summed E-state index contributed by atoms with van der Waals surface area (Å²) in [4.78, 5) is 12.5. The highest BCUT2D eigenvalue weighted by Gasteiger charge is 2.15. The summed E-state index contributed by atoms with van der Waals surface area (Å²) in [6, 6.07) is 0. The average molecular weight is 193 g/mol. The Kier molecular flexibility index (Phi) is 1.77. The predicted octanol–water partition coefficient (Wildman–Crippen LogP) is 2.82. The summed E-state index contributed by atoms with van der Waals surface area (Å²) >= 11 is 1.62. The van der Waals surface area contributed by atoms with E-state index in [1.54, 1.807) is 18.3 Å². The lowest BCUT2D eigenvalue weighted by atomic mass is 10.1. The lowest BCUT2D eigenvalue weighted by Crippen LogP contribution is -1.91. The number of Topliss-reactive ketones (excluding diaryl/α,β-unsaturated/α-hetero) is 1. The number of carbonyl (C=O) groups excluding carboxylic acids is 1. The first kappa shape index (κ1) is 8.51. The molecule has 3 heteroatoms. The smallest absolute Gasteiger partial charge is 0.163 e. The molecule has 0 aliphatic heterocycles. The largest absolute Gasteiger partial charge is 0.311 e. The summed E-state index contributed by atoms with van der Waals surface area (Å²) in [5.41, 5.74) is 3.16. The second-order valence-electron chi connectivity index (χ2n) is 3.22. The third-order valence-electron chi connectivity index (χ3n) is 2.45. The maximum absolute atomic E-state index is 11.4. The zero-order chi connectivity index (χ0) is 9.59. The van der Waals surface area contributed by atoms with Crippen LogP contribution in [0.15, 0.2) is 11.6 Å². The lowest BCUT2D eigenvalue weighted by molar-refractivity contribution is 0.101. The average Bonchev–Trinajstić information content (AvgIpc) is 2.57. The van der Waals surface area contributed by atoms with Crippen molar-refractivity contribution < 1.29 is 4.79 Å². The lowest BCUT2D eigenvalue weighted by Gasteiger charge is -1.92. The zero-order valence-electron chi connectivity index (χ0n) is 7.92. The van der Waals surface area contributed by atoms with Gasteiger partial charge in [0.1, 0.15) is 4.83 Å². The van der Waals surface area contributed by atoms with Crippen molar-refractivity contribution in [2.75, 3.05) is 0 Å². The summed E-state index contributed by atoms with van der Waals surface area (Å²) < 4.78 is 2.08. The number of fused-ring (bicyclic) bond motifs is 1. The van der Waals surface area contributed by atoms with Crippen LogP contribution in [0.2, 0.25) is 0 Å². The molecule has 0 atom stereocenters.